The van der Waals surface area contributed by atoms with Gasteiger partial charge in [0.15, 0.2) is 0 Å². The number of piperidine rings is 1. The number of benzene rings is 1. The number of hydrogen-bond donors (Lipinski definition) is 1. The first-order valence-electron chi connectivity index (χ1n) is 7.46. The van der Waals surface area contributed by atoms with Crippen LogP contribution in [0.2, 0.25) is 0 Å². The van der Waals surface area contributed by atoms with E-state index in [0.717, 1.165) is 24.8 Å². The highest BCUT2D eigenvalue weighted by Gasteiger charge is 2.36. The first-order valence-corrected chi connectivity index (χ1v) is 9.82. The number of fused-ring (bicyclic) bond motifs is 1. The second-order valence-corrected chi connectivity index (χ2v) is 8.98. The summed E-state index contributed by atoms with van der Waals surface area (Å²) in [4.78, 5) is 0.119. The van der Waals surface area contributed by atoms with Crippen LogP contribution in [0.3, 0.4) is 0 Å². The summed E-state index contributed by atoms with van der Waals surface area (Å²) < 4.78 is 29.7. The average Bonchev–Trinajstić information content (AvgIpc) is 2.75. The van der Waals surface area contributed by atoms with E-state index in [9.17, 15) is 8.42 Å². The van der Waals surface area contributed by atoms with Crippen molar-refractivity contribution < 1.29 is 8.42 Å². The van der Waals surface area contributed by atoms with Gasteiger partial charge in [-0.1, -0.05) is 47.1 Å². The molecule has 2 atom stereocenters. The maximum absolute atomic E-state index is 12.6. The molecule has 0 spiro atoms. The Morgan fingerprint density at radius 1 is 1.24 bits per heavy atom. The number of nitrogens with one attached hydrogen (secondary N) is 1. The molecule has 1 fully saturated rings. The van der Waals surface area contributed by atoms with Crippen molar-refractivity contribution in [3.63, 3.8) is 0 Å². The van der Waals surface area contributed by atoms with Crippen LogP contribution in [0.1, 0.15) is 36.9 Å². The van der Waals surface area contributed by atoms with Crippen molar-refractivity contribution in [2.24, 2.45) is 5.92 Å². The number of alkyl halides is 1. The Kier molecular flexibility index (Phi) is 4.41. The van der Waals surface area contributed by atoms with Gasteiger partial charge in [-0.25, -0.2) is 0 Å². The lowest BCUT2D eigenvalue weighted by Crippen LogP contribution is -2.46. The lowest BCUT2D eigenvalue weighted by molar-refractivity contribution is 0.283. The number of nitrogens with zero attached hydrogens (tertiary/aromatic N) is 1. The number of hydrogen-bond acceptors (Lipinski definition) is 2. The van der Waals surface area contributed by atoms with Gasteiger partial charge in [0.1, 0.15) is 0 Å². The molecule has 1 saturated heterocycles. The summed E-state index contributed by atoms with van der Waals surface area (Å²) in [6, 6.07) is 7.88. The molecule has 4 nitrogen and oxygen atoms in total. The minimum absolute atomic E-state index is 0.119. The molecule has 1 aromatic carbocycles. The van der Waals surface area contributed by atoms with E-state index in [1.54, 1.807) is 4.31 Å². The first kappa shape index (κ1) is 15.5. The molecular weight excluding hydrogens is 352 g/mol. The van der Waals surface area contributed by atoms with Crippen LogP contribution in [0.15, 0.2) is 24.3 Å². The highest BCUT2D eigenvalue weighted by atomic mass is 79.9. The fraction of sp³-hybridized carbons (Fsp3) is 0.600. The topological polar surface area (TPSA) is 49.4 Å². The van der Waals surface area contributed by atoms with E-state index in [4.69, 9.17) is 0 Å². The molecule has 1 N–H and O–H groups in total. The molecule has 6 heteroatoms. The average molecular weight is 373 g/mol. The molecule has 2 aliphatic rings. The summed E-state index contributed by atoms with van der Waals surface area (Å²) in [5.41, 5.74) is 2.31. The fourth-order valence-electron chi connectivity index (χ4n) is 3.14. The smallest absolute Gasteiger partial charge is 0.195 e. The summed E-state index contributed by atoms with van der Waals surface area (Å²) in [7, 11) is -3.41. The van der Waals surface area contributed by atoms with E-state index < -0.39 is 10.2 Å². The quantitative estimate of drug-likeness (QED) is 0.829. The molecule has 0 amide bonds. The Morgan fingerprint density at radius 3 is 2.62 bits per heavy atom. The van der Waals surface area contributed by atoms with Crippen LogP contribution in [-0.2, 0) is 16.6 Å². The summed E-state index contributed by atoms with van der Waals surface area (Å²) in [5, 5.41) is 0. The summed E-state index contributed by atoms with van der Waals surface area (Å²) in [6.07, 6.45) is 2.75. The zero-order valence-corrected chi connectivity index (χ0v) is 14.5. The van der Waals surface area contributed by atoms with E-state index in [2.05, 4.69) is 33.6 Å². The maximum Gasteiger partial charge on any atom is 0.280 e. The van der Waals surface area contributed by atoms with Gasteiger partial charge in [0.05, 0.1) is 6.04 Å². The lowest BCUT2D eigenvalue weighted by Gasteiger charge is -2.31. The molecular formula is C15H21BrN2O2S. The summed E-state index contributed by atoms with van der Waals surface area (Å²) >= 11 is 3.63. The Bertz CT molecular complexity index is 612. The van der Waals surface area contributed by atoms with Gasteiger partial charge in [-0.15, -0.1) is 0 Å². The molecule has 0 aromatic heterocycles. The van der Waals surface area contributed by atoms with Gasteiger partial charge < -0.3 is 0 Å². The van der Waals surface area contributed by atoms with Gasteiger partial charge in [0.25, 0.3) is 10.2 Å². The van der Waals surface area contributed by atoms with Gasteiger partial charge in [0.2, 0.25) is 0 Å². The van der Waals surface area contributed by atoms with E-state index in [0.29, 0.717) is 19.0 Å². The molecule has 1 aliphatic carbocycles. The van der Waals surface area contributed by atoms with Crippen LogP contribution < -0.4 is 4.72 Å². The number of halogens is 1. The number of rotatable bonds is 3. The predicted molar refractivity (Wildman–Crippen MR) is 87.6 cm³/mol. The highest BCUT2D eigenvalue weighted by Crippen LogP contribution is 2.36. The molecule has 1 heterocycles. The van der Waals surface area contributed by atoms with Crippen molar-refractivity contribution in [3.8, 4) is 0 Å². The van der Waals surface area contributed by atoms with Crippen LogP contribution in [0.4, 0.5) is 0 Å². The Balaban J connectivity index is 1.77. The van der Waals surface area contributed by atoms with Crippen molar-refractivity contribution in [2.75, 3.05) is 13.1 Å². The molecule has 1 aromatic rings. The molecule has 1 aliphatic heterocycles. The van der Waals surface area contributed by atoms with Crippen molar-refractivity contribution in [2.45, 2.75) is 37.1 Å². The normalized spacial score (nSPS) is 27.7. The van der Waals surface area contributed by atoms with Gasteiger partial charge in [-0.3, -0.25) is 0 Å². The van der Waals surface area contributed by atoms with Gasteiger partial charge in [-0.05, 0) is 36.3 Å². The highest BCUT2D eigenvalue weighted by molar-refractivity contribution is 9.09. The predicted octanol–water partition coefficient (Wildman–Crippen LogP) is 2.61. The van der Waals surface area contributed by atoms with Crippen LogP contribution in [-0.4, -0.2) is 30.6 Å². The van der Waals surface area contributed by atoms with E-state index in [-0.39, 0.29) is 10.9 Å². The summed E-state index contributed by atoms with van der Waals surface area (Å²) in [6.45, 7) is 3.43. The van der Waals surface area contributed by atoms with Crippen LogP contribution in [0.5, 0.6) is 0 Å². The standard InChI is InChI=1S/C15H21BrN2O2S/c1-11-6-8-18(9-7-11)21(19,20)17-15-13-5-3-2-4-12(13)10-14(15)16/h2-5,11,14-15,17H,6-10H2,1H3. The second kappa shape index (κ2) is 5.99. The molecule has 0 saturated carbocycles. The van der Waals surface area contributed by atoms with E-state index in [1.807, 2.05) is 18.2 Å². The molecule has 0 radical (unpaired) electrons. The van der Waals surface area contributed by atoms with Gasteiger partial charge in [-0.2, -0.15) is 17.4 Å². The van der Waals surface area contributed by atoms with Crippen molar-refractivity contribution in [1.82, 2.24) is 9.03 Å². The monoisotopic (exact) mass is 372 g/mol. The third kappa shape index (κ3) is 3.18. The van der Waals surface area contributed by atoms with Crippen LogP contribution in [0, 0.1) is 5.92 Å². The fourth-order valence-corrected chi connectivity index (χ4v) is 5.54. The van der Waals surface area contributed by atoms with E-state index in [1.165, 1.54) is 5.56 Å². The van der Waals surface area contributed by atoms with Crippen LogP contribution in [0.25, 0.3) is 0 Å². The SMILES string of the molecule is CC1CCN(S(=O)(=O)NC2c3ccccc3CC2Br)CC1. The Labute approximate surface area is 135 Å². The summed E-state index contributed by atoms with van der Waals surface area (Å²) in [5.74, 6) is 0.618. The molecule has 116 valence electrons. The molecule has 3 rings (SSSR count). The largest absolute Gasteiger partial charge is 0.280 e. The lowest BCUT2D eigenvalue weighted by atomic mass is 10.0. The zero-order chi connectivity index (χ0) is 15.0. The third-order valence-corrected chi connectivity index (χ3v) is 6.97. The van der Waals surface area contributed by atoms with Crippen LogP contribution >= 0.6 is 15.9 Å². The molecule has 21 heavy (non-hydrogen) atoms. The van der Waals surface area contributed by atoms with Crippen molar-refractivity contribution in [1.29, 1.82) is 0 Å². The van der Waals surface area contributed by atoms with E-state index >= 15 is 0 Å². The molecule has 0 bridgehead atoms. The van der Waals surface area contributed by atoms with Gasteiger partial charge in [0, 0.05) is 17.9 Å². The second-order valence-electron chi connectivity index (χ2n) is 6.10. The third-order valence-electron chi connectivity index (χ3n) is 4.53. The van der Waals surface area contributed by atoms with Crippen molar-refractivity contribution >= 4 is 26.1 Å². The maximum atomic E-state index is 12.6. The Hall–Kier alpha value is -0.430. The minimum atomic E-state index is -3.41. The van der Waals surface area contributed by atoms with Crippen molar-refractivity contribution in [3.05, 3.63) is 35.4 Å². The Morgan fingerprint density at radius 2 is 1.90 bits per heavy atom. The van der Waals surface area contributed by atoms with Gasteiger partial charge >= 0.3 is 0 Å². The molecule has 2 unspecified atom stereocenters. The first-order chi connectivity index (χ1) is 9.97. The minimum Gasteiger partial charge on any atom is -0.195 e. The zero-order valence-electron chi connectivity index (χ0n) is 12.1.